The van der Waals surface area contributed by atoms with Crippen molar-refractivity contribution in [3.63, 3.8) is 0 Å². The number of ketones is 1. The number of nitrogens with two attached hydrogens (primary N) is 4. The van der Waals surface area contributed by atoms with Crippen LogP contribution in [-0.4, -0.2) is 93.1 Å². The van der Waals surface area contributed by atoms with E-state index in [9.17, 15) is 24.0 Å². The van der Waals surface area contributed by atoms with E-state index in [2.05, 4.69) is 4.99 Å². The maximum atomic E-state index is 10.2. The minimum atomic E-state index is -1.58. The molecule has 13 N–H and O–H groups in total. The summed E-state index contributed by atoms with van der Waals surface area (Å²) in [5, 5.41) is 39.2. The Morgan fingerprint density at radius 1 is 0.968 bits per heavy atom. The molecule has 0 rings (SSSR count). The molecule has 0 heterocycles. The van der Waals surface area contributed by atoms with Crippen LogP contribution in [0.4, 0.5) is 0 Å². The van der Waals surface area contributed by atoms with Gasteiger partial charge in [-0.3, -0.25) is 29.6 Å². The Balaban J connectivity index is -0.000000384. The number of Topliss-reactive ketones (excluding diaryl/α,β-unsaturated/α-hetero) is 1. The van der Waals surface area contributed by atoms with Crippen molar-refractivity contribution in [3.8, 4) is 0 Å². The van der Waals surface area contributed by atoms with Crippen LogP contribution in [0.25, 0.3) is 0 Å². The molecule has 0 saturated carbocycles. The smallest absolute Gasteiger partial charge is 0.372 e. The molecular formula is C15H29N7O9. The third kappa shape index (κ3) is 26.1. The van der Waals surface area contributed by atoms with E-state index in [0.29, 0.717) is 19.4 Å². The van der Waals surface area contributed by atoms with E-state index in [1.54, 1.807) is 0 Å². The van der Waals surface area contributed by atoms with E-state index in [-0.39, 0.29) is 18.5 Å². The highest BCUT2D eigenvalue weighted by Crippen LogP contribution is 1.94. The highest BCUT2D eigenvalue weighted by atomic mass is 16.4. The standard InChI is InChI=1S/C6H14N4O2.C5H6O5.C4H9N3O2/c7-4(5(11)12)2-1-3-10-6(8)9;6-3(5(9)10)1-2-4(7)8;1-7(4(5)6)2-3(8)9/h4H,1-3,7H2,(H,11,12)(H4,8,9,10);1-2H2,(H,7,8)(H,9,10);2H2,1H3,(H3,5,6)(H,8,9). The second kappa shape index (κ2) is 18.1. The first-order chi connectivity index (χ1) is 14.1. The number of aliphatic carboxylic acids is 4. The van der Waals surface area contributed by atoms with Crippen molar-refractivity contribution < 1.29 is 44.4 Å². The van der Waals surface area contributed by atoms with Gasteiger partial charge < -0.3 is 48.3 Å². The van der Waals surface area contributed by atoms with Crippen molar-refractivity contribution >= 4 is 41.6 Å². The summed E-state index contributed by atoms with van der Waals surface area (Å²) in [6.45, 7) is 0.193. The first-order valence-electron chi connectivity index (χ1n) is 8.40. The van der Waals surface area contributed by atoms with Crippen molar-refractivity contribution in [3.05, 3.63) is 0 Å². The number of carbonyl (C=O) groups is 5. The Labute approximate surface area is 177 Å². The molecule has 1 atom stereocenters. The zero-order chi connectivity index (χ0) is 25.1. The SMILES string of the molecule is CN(CC(=O)O)C(=N)N.NC(N)=NCCCC(N)C(=O)O.O=C(O)CCC(=O)C(=O)O. The summed E-state index contributed by atoms with van der Waals surface area (Å²) in [6, 6.07) is -0.820. The van der Waals surface area contributed by atoms with Crippen molar-refractivity contribution in [2.45, 2.75) is 31.7 Å². The number of carbonyl (C=O) groups excluding carboxylic acids is 1. The van der Waals surface area contributed by atoms with Crippen LogP contribution in [0, 0.1) is 5.41 Å². The van der Waals surface area contributed by atoms with Gasteiger partial charge in [0.25, 0.3) is 0 Å². The average molecular weight is 451 g/mol. The molecule has 31 heavy (non-hydrogen) atoms. The maximum absolute atomic E-state index is 10.2. The van der Waals surface area contributed by atoms with Gasteiger partial charge in [-0.25, -0.2) is 4.79 Å². The number of hydrogen-bond acceptors (Lipinski definition) is 8. The lowest BCUT2D eigenvalue weighted by atomic mass is 10.2. The van der Waals surface area contributed by atoms with E-state index in [0.717, 1.165) is 4.90 Å². The molecule has 0 aliphatic rings. The van der Waals surface area contributed by atoms with Gasteiger partial charge in [0, 0.05) is 20.0 Å². The molecule has 0 aliphatic carbocycles. The van der Waals surface area contributed by atoms with Gasteiger partial charge in [-0.1, -0.05) is 0 Å². The van der Waals surface area contributed by atoms with Crippen LogP contribution >= 0.6 is 0 Å². The molecular weight excluding hydrogens is 422 g/mol. The third-order valence-electron chi connectivity index (χ3n) is 2.87. The molecule has 0 radical (unpaired) electrons. The fourth-order valence-electron chi connectivity index (χ4n) is 1.26. The van der Waals surface area contributed by atoms with E-state index >= 15 is 0 Å². The fourth-order valence-corrected chi connectivity index (χ4v) is 1.26. The van der Waals surface area contributed by atoms with E-state index in [1.807, 2.05) is 0 Å². The number of nitrogens with one attached hydrogen (secondary N) is 1. The van der Waals surface area contributed by atoms with Crippen LogP contribution in [0.3, 0.4) is 0 Å². The van der Waals surface area contributed by atoms with Crippen molar-refractivity contribution in [2.24, 2.45) is 27.9 Å². The maximum Gasteiger partial charge on any atom is 0.372 e. The molecule has 0 amide bonds. The zero-order valence-electron chi connectivity index (χ0n) is 16.9. The number of carboxylic acids is 4. The average Bonchev–Trinajstić information content (AvgIpc) is 2.63. The molecule has 0 saturated heterocycles. The van der Waals surface area contributed by atoms with Crippen LogP contribution in [0.1, 0.15) is 25.7 Å². The number of rotatable bonds is 11. The first-order valence-corrected chi connectivity index (χ1v) is 8.40. The Hall–Kier alpha value is -3.95. The van der Waals surface area contributed by atoms with Gasteiger partial charge in [0.1, 0.15) is 12.6 Å². The monoisotopic (exact) mass is 451 g/mol. The van der Waals surface area contributed by atoms with Crippen LogP contribution < -0.4 is 22.9 Å². The summed E-state index contributed by atoms with van der Waals surface area (Å²) >= 11 is 0. The summed E-state index contributed by atoms with van der Waals surface area (Å²) in [5.41, 5.74) is 20.3. The van der Waals surface area contributed by atoms with Crippen molar-refractivity contribution in [2.75, 3.05) is 20.1 Å². The lowest BCUT2D eigenvalue weighted by Gasteiger charge is -2.12. The Morgan fingerprint density at radius 2 is 1.48 bits per heavy atom. The number of nitrogens with zero attached hydrogens (tertiary/aromatic N) is 2. The second-order valence-corrected chi connectivity index (χ2v) is 5.65. The third-order valence-corrected chi connectivity index (χ3v) is 2.87. The summed E-state index contributed by atoms with van der Waals surface area (Å²) in [4.78, 5) is 54.7. The van der Waals surface area contributed by atoms with Crippen LogP contribution in [0.5, 0.6) is 0 Å². The molecule has 0 aliphatic heterocycles. The molecule has 1 unspecified atom stereocenters. The van der Waals surface area contributed by atoms with Gasteiger partial charge in [0.05, 0.1) is 6.42 Å². The number of aliphatic imine (C=N–C) groups is 1. The van der Waals surface area contributed by atoms with Crippen LogP contribution in [0.15, 0.2) is 4.99 Å². The Bertz CT molecular complexity index is 663. The van der Waals surface area contributed by atoms with Gasteiger partial charge in [-0.15, -0.1) is 0 Å². The number of likely N-dealkylation sites (N-methyl/N-ethyl adjacent to an activating group) is 1. The van der Waals surface area contributed by atoms with Gasteiger partial charge in [0.15, 0.2) is 11.9 Å². The molecule has 16 nitrogen and oxygen atoms in total. The molecule has 0 aromatic heterocycles. The Kier molecular flexibility index (Phi) is 18.5. The Morgan fingerprint density at radius 3 is 1.77 bits per heavy atom. The van der Waals surface area contributed by atoms with Crippen LogP contribution in [-0.2, 0) is 24.0 Å². The van der Waals surface area contributed by atoms with Crippen molar-refractivity contribution in [1.29, 1.82) is 5.41 Å². The quantitative estimate of drug-likeness (QED) is 0.0648. The summed E-state index contributed by atoms with van der Waals surface area (Å²) in [5.74, 6) is -6.04. The van der Waals surface area contributed by atoms with E-state index < -0.39 is 48.5 Å². The van der Waals surface area contributed by atoms with Gasteiger partial charge in [-0.05, 0) is 12.8 Å². The van der Waals surface area contributed by atoms with Gasteiger partial charge in [0.2, 0.25) is 5.78 Å². The molecule has 0 aromatic carbocycles. The normalized spacial score (nSPS) is 10.0. The molecule has 0 aromatic rings. The fraction of sp³-hybridized carbons (Fsp3) is 0.533. The van der Waals surface area contributed by atoms with E-state index in [4.69, 9.17) is 48.8 Å². The highest BCUT2D eigenvalue weighted by Gasteiger charge is 2.12. The van der Waals surface area contributed by atoms with Gasteiger partial charge in [-0.2, -0.15) is 0 Å². The number of hydrogen-bond donors (Lipinski definition) is 9. The lowest BCUT2D eigenvalue weighted by Crippen LogP contribution is -2.36. The highest BCUT2D eigenvalue weighted by molar-refractivity contribution is 6.32. The largest absolute Gasteiger partial charge is 0.481 e. The molecule has 0 fully saturated rings. The summed E-state index contributed by atoms with van der Waals surface area (Å²) in [6.07, 6.45) is 0.0906. The molecule has 178 valence electrons. The first kappa shape index (κ1) is 31.7. The zero-order valence-corrected chi connectivity index (χ0v) is 16.9. The molecule has 0 bridgehead atoms. The predicted molar refractivity (Wildman–Crippen MR) is 107 cm³/mol. The van der Waals surface area contributed by atoms with Crippen molar-refractivity contribution in [1.82, 2.24) is 4.90 Å². The van der Waals surface area contributed by atoms with E-state index in [1.165, 1.54) is 7.05 Å². The van der Waals surface area contributed by atoms with Crippen LogP contribution in [0.2, 0.25) is 0 Å². The minimum Gasteiger partial charge on any atom is -0.481 e. The minimum absolute atomic E-state index is 0.0129. The molecule has 16 heteroatoms. The number of carboxylic acid groups (broad SMARTS) is 4. The van der Waals surface area contributed by atoms with Gasteiger partial charge >= 0.3 is 23.9 Å². The lowest BCUT2D eigenvalue weighted by molar-refractivity contribution is -0.149. The summed E-state index contributed by atoms with van der Waals surface area (Å²) in [7, 11) is 1.44. The topological polar surface area (TPSA) is 310 Å². The second-order valence-electron chi connectivity index (χ2n) is 5.65. The molecule has 0 spiro atoms. The predicted octanol–water partition coefficient (Wildman–Crippen LogP) is -3.15. The summed E-state index contributed by atoms with van der Waals surface area (Å²) < 4.78 is 0. The number of guanidine groups is 2.